The van der Waals surface area contributed by atoms with E-state index >= 15 is 0 Å². The highest BCUT2D eigenvalue weighted by Gasteiger charge is 2.13. The van der Waals surface area contributed by atoms with Crippen LogP contribution in [-0.4, -0.2) is 15.0 Å². The van der Waals surface area contributed by atoms with Gasteiger partial charge in [0.25, 0.3) is 0 Å². The number of pyridine rings is 1. The smallest absolute Gasteiger partial charge is 0.224 e. The van der Waals surface area contributed by atoms with Crippen molar-refractivity contribution in [3.63, 3.8) is 0 Å². The number of nitrogens with zero attached hydrogens (tertiary/aromatic N) is 3. The lowest BCUT2D eigenvalue weighted by Gasteiger charge is -2.11. The molecule has 0 bridgehead atoms. The lowest BCUT2D eigenvalue weighted by Crippen LogP contribution is -2.05. The van der Waals surface area contributed by atoms with Crippen molar-refractivity contribution in [3.8, 4) is 22.5 Å². The van der Waals surface area contributed by atoms with Gasteiger partial charge >= 0.3 is 0 Å². The van der Waals surface area contributed by atoms with Gasteiger partial charge in [-0.1, -0.05) is 91.0 Å². The average Bonchev–Trinajstić information content (AvgIpc) is 2.83. The molecule has 0 saturated carbocycles. The van der Waals surface area contributed by atoms with Gasteiger partial charge in [0.15, 0.2) is 0 Å². The Morgan fingerprint density at radius 1 is 0.567 bits per heavy atom. The minimum absolute atomic E-state index is 0.597. The second-order valence-corrected chi connectivity index (χ2v) is 7.03. The summed E-state index contributed by atoms with van der Waals surface area (Å²) in [7, 11) is 0. The van der Waals surface area contributed by atoms with Crippen LogP contribution in [0.4, 0.5) is 5.95 Å². The van der Waals surface area contributed by atoms with Crippen molar-refractivity contribution in [1.82, 2.24) is 15.0 Å². The van der Waals surface area contributed by atoms with E-state index in [-0.39, 0.29) is 0 Å². The molecule has 2 heterocycles. The molecule has 0 saturated heterocycles. The zero-order chi connectivity index (χ0) is 20.2. The Balaban J connectivity index is 1.60. The van der Waals surface area contributed by atoms with E-state index < -0.39 is 0 Å². The highest BCUT2D eigenvalue weighted by molar-refractivity contribution is 5.91. The summed E-state index contributed by atoms with van der Waals surface area (Å²) in [5.74, 6) is 0.597. The van der Waals surface area contributed by atoms with Crippen molar-refractivity contribution in [3.05, 3.63) is 109 Å². The molecule has 30 heavy (non-hydrogen) atoms. The molecule has 0 aliphatic heterocycles. The molecule has 5 rings (SSSR count). The predicted octanol–water partition coefficient (Wildman–Crippen LogP) is 5.97. The van der Waals surface area contributed by atoms with Crippen LogP contribution in [0.3, 0.4) is 0 Å². The van der Waals surface area contributed by atoms with E-state index in [4.69, 9.17) is 15.0 Å². The Labute approximate surface area is 175 Å². The number of benzene rings is 3. The summed E-state index contributed by atoms with van der Waals surface area (Å²) in [6, 6.07) is 34.6. The summed E-state index contributed by atoms with van der Waals surface area (Å²) in [6.07, 6.45) is 0. The van der Waals surface area contributed by atoms with Crippen LogP contribution in [0.15, 0.2) is 103 Å². The van der Waals surface area contributed by atoms with Crippen molar-refractivity contribution < 1.29 is 0 Å². The fourth-order valence-corrected chi connectivity index (χ4v) is 3.44. The molecule has 0 spiro atoms. The number of hydrogen-bond donors (Lipinski definition) is 1. The van der Waals surface area contributed by atoms with Crippen molar-refractivity contribution in [2.75, 3.05) is 5.32 Å². The van der Waals surface area contributed by atoms with Gasteiger partial charge < -0.3 is 5.32 Å². The fourth-order valence-electron chi connectivity index (χ4n) is 3.44. The molecule has 0 fully saturated rings. The van der Waals surface area contributed by atoms with E-state index in [1.165, 1.54) is 5.56 Å². The van der Waals surface area contributed by atoms with Gasteiger partial charge in [0.1, 0.15) is 11.2 Å². The molecule has 2 aromatic heterocycles. The van der Waals surface area contributed by atoms with Crippen LogP contribution in [0.2, 0.25) is 0 Å². The van der Waals surface area contributed by atoms with E-state index in [0.717, 1.165) is 33.5 Å². The molecule has 0 aliphatic carbocycles. The van der Waals surface area contributed by atoms with Gasteiger partial charge in [-0.15, -0.1) is 0 Å². The quantitative estimate of drug-likeness (QED) is 0.403. The molecule has 3 aromatic carbocycles. The lowest BCUT2D eigenvalue weighted by atomic mass is 10.1. The van der Waals surface area contributed by atoms with Crippen LogP contribution in [0.25, 0.3) is 33.5 Å². The number of rotatable bonds is 5. The minimum Gasteiger partial charge on any atom is -0.350 e. The number of fused-ring (bicyclic) bond motifs is 1. The van der Waals surface area contributed by atoms with Gasteiger partial charge in [0.05, 0.1) is 11.2 Å². The first-order valence-corrected chi connectivity index (χ1v) is 9.94. The second-order valence-electron chi connectivity index (χ2n) is 7.03. The first-order valence-electron chi connectivity index (χ1n) is 9.94. The molecule has 0 aliphatic rings. The Morgan fingerprint density at radius 2 is 1.20 bits per heavy atom. The summed E-state index contributed by atoms with van der Waals surface area (Å²) in [6.45, 7) is 0.663. The van der Waals surface area contributed by atoms with Gasteiger partial charge in [0, 0.05) is 17.7 Å². The summed E-state index contributed by atoms with van der Waals surface area (Å²) in [5.41, 5.74) is 6.63. The monoisotopic (exact) mass is 388 g/mol. The molecule has 1 N–H and O–H groups in total. The van der Waals surface area contributed by atoms with E-state index in [1.807, 2.05) is 66.7 Å². The lowest BCUT2D eigenvalue weighted by molar-refractivity contribution is 1.07. The van der Waals surface area contributed by atoms with Crippen LogP contribution < -0.4 is 5.32 Å². The summed E-state index contributed by atoms with van der Waals surface area (Å²) in [5, 5.41) is 3.36. The van der Waals surface area contributed by atoms with E-state index in [1.54, 1.807) is 0 Å². The highest BCUT2D eigenvalue weighted by atomic mass is 15.1. The summed E-state index contributed by atoms with van der Waals surface area (Å²) in [4.78, 5) is 14.5. The summed E-state index contributed by atoms with van der Waals surface area (Å²) >= 11 is 0. The van der Waals surface area contributed by atoms with E-state index in [2.05, 4.69) is 41.7 Å². The largest absolute Gasteiger partial charge is 0.350 e. The molecule has 0 amide bonds. The first-order chi connectivity index (χ1) is 14.9. The fraction of sp³-hybridized carbons (Fsp3) is 0.0385. The average molecular weight is 388 g/mol. The van der Waals surface area contributed by atoms with Crippen LogP contribution in [-0.2, 0) is 6.54 Å². The zero-order valence-corrected chi connectivity index (χ0v) is 16.4. The molecule has 4 heteroatoms. The highest BCUT2D eigenvalue weighted by Crippen LogP contribution is 2.28. The number of aromatic nitrogens is 3. The van der Waals surface area contributed by atoms with Gasteiger partial charge in [-0.2, -0.15) is 0 Å². The molecule has 0 unspecified atom stereocenters. The molecule has 0 radical (unpaired) electrons. The van der Waals surface area contributed by atoms with Gasteiger partial charge in [-0.05, 0) is 17.7 Å². The van der Waals surface area contributed by atoms with Crippen molar-refractivity contribution in [2.45, 2.75) is 6.54 Å². The minimum atomic E-state index is 0.597. The van der Waals surface area contributed by atoms with Crippen LogP contribution in [0.5, 0.6) is 0 Å². The third-order valence-electron chi connectivity index (χ3n) is 4.95. The SMILES string of the molecule is c1ccc(CNc2nc(-c3ccccc3)c3nc(-c4ccccc4)ccc3n2)cc1. The molecular weight excluding hydrogens is 368 g/mol. The maximum absolute atomic E-state index is 4.93. The van der Waals surface area contributed by atoms with E-state index in [0.29, 0.717) is 12.5 Å². The van der Waals surface area contributed by atoms with Crippen molar-refractivity contribution in [2.24, 2.45) is 0 Å². The van der Waals surface area contributed by atoms with Gasteiger partial charge in [0.2, 0.25) is 5.95 Å². The topological polar surface area (TPSA) is 50.7 Å². The van der Waals surface area contributed by atoms with Crippen molar-refractivity contribution >= 4 is 17.0 Å². The molecule has 144 valence electrons. The Hall–Kier alpha value is -4.05. The van der Waals surface area contributed by atoms with Crippen LogP contribution in [0.1, 0.15) is 5.56 Å². The van der Waals surface area contributed by atoms with Crippen molar-refractivity contribution in [1.29, 1.82) is 0 Å². The third-order valence-corrected chi connectivity index (χ3v) is 4.95. The second kappa shape index (κ2) is 8.13. The molecular formula is C26H20N4. The zero-order valence-electron chi connectivity index (χ0n) is 16.4. The standard InChI is InChI=1S/C26H20N4/c1-4-10-19(11-5-1)18-27-26-29-23-17-16-22(20-12-6-2-7-13-20)28-25(23)24(30-26)21-14-8-3-9-15-21/h1-17H,18H2,(H,27,29,30). The third kappa shape index (κ3) is 3.76. The molecule has 5 aromatic rings. The molecule has 4 nitrogen and oxygen atoms in total. The maximum Gasteiger partial charge on any atom is 0.224 e. The van der Waals surface area contributed by atoms with Gasteiger partial charge in [-0.25, -0.2) is 15.0 Å². The van der Waals surface area contributed by atoms with E-state index in [9.17, 15) is 0 Å². The molecule has 0 atom stereocenters. The number of hydrogen-bond acceptors (Lipinski definition) is 4. The normalized spacial score (nSPS) is 10.8. The summed E-state index contributed by atoms with van der Waals surface area (Å²) < 4.78 is 0. The van der Waals surface area contributed by atoms with Crippen LogP contribution >= 0.6 is 0 Å². The Bertz CT molecular complexity index is 1270. The number of nitrogens with one attached hydrogen (secondary N) is 1. The first kappa shape index (κ1) is 18.0. The Morgan fingerprint density at radius 3 is 1.90 bits per heavy atom. The Kier molecular flexibility index (Phi) is 4.88. The van der Waals surface area contributed by atoms with Crippen LogP contribution in [0, 0.1) is 0 Å². The predicted molar refractivity (Wildman–Crippen MR) is 122 cm³/mol. The maximum atomic E-state index is 4.93. The van der Waals surface area contributed by atoms with Gasteiger partial charge in [-0.3, -0.25) is 0 Å². The number of anilines is 1.